The molecule has 2 aromatic carbocycles. The van der Waals surface area contributed by atoms with Crippen LogP contribution in [0.25, 0.3) is 11.0 Å². The third-order valence-corrected chi connectivity index (χ3v) is 5.90. The molecule has 33 heavy (non-hydrogen) atoms. The average Bonchev–Trinajstić information content (AvgIpc) is 3.25. The molecule has 1 fully saturated rings. The van der Waals surface area contributed by atoms with E-state index in [4.69, 9.17) is 9.73 Å². The van der Waals surface area contributed by atoms with Crippen molar-refractivity contribution in [2.24, 2.45) is 4.99 Å². The van der Waals surface area contributed by atoms with Crippen LogP contribution in [0.2, 0.25) is 0 Å². The van der Waals surface area contributed by atoms with Crippen molar-refractivity contribution >= 4 is 41.0 Å². The summed E-state index contributed by atoms with van der Waals surface area (Å²) in [6.45, 7) is 11.2. The van der Waals surface area contributed by atoms with Crippen molar-refractivity contribution in [2.45, 2.75) is 33.0 Å². The molecule has 1 atom stereocenters. The second-order valence-corrected chi connectivity index (χ2v) is 8.25. The van der Waals surface area contributed by atoms with Crippen molar-refractivity contribution in [1.82, 2.24) is 25.1 Å². The Hall–Kier alpha value is -2.17. The van der Waals surface area contributed by atoms with Gasteiger partial charge in [0, 0.05) is 38.8 Å². The highest BCUT2D eigenvalue weighted by atomic mass is 127. The summed E-state index contributed by atoms with van der Waals surface area (Å²) in [5.74, 6) is 0.863. The van der Waals surface area contributed by atoms with Crippen LogP contribution in [0.1, 0.15) is 25.0 Å². The van der Waals surface area contributed by atoms with E-state index < -0.39 is 0 Å². The van der Waals surface area contributed by atoms with E-state index in [1.165, 1.54) is 11.1 Å². The summed E-state index contributed by atoms with van der Waals surface area (Å²) in [6, 6.07) is 17.4. The van der Waals surface area contributed by atoms with Crippen molar-refractivity contribution in [1.29, 1.82) is 0 Å². The number of fused-ring (bicyclic) bond motifs is 1. The highest BCUT2D eigenvalue weighted by Crippen LogP contribution is 2.15. The van der Waals surface area contributed by atoms with Gasteiger partial charge >= 0.3 is 0 Å². The normalized spacial score (nSPS) is 15.8. The number of guanidine groups is 1. The molecule has 1 aliphatic heterocycles. The molecule has 1 aliphatic rings. The second kappa shape index (κ2) is 12.9. The number of nitrogens with one attached hydrogen (secondary N) is 2. The number of benzene rings is 2. The molecule has 3 aromatic rings. The number of hydrogen-bond donors (Lipinski definition) is 2. The minimum atomic E-state index is 0. The van der Waals surface area contributed by atoms with E-state index >= 15 is 0 Å². The van der Waals surface area contributed by atoms with Gasteiger partial charge in [-0.1, -0.05) is 36.4 Å². The number of para-hydroxylation sites is 2. The molecule has 2 heterocycles. The smallest absolute Gasteiger partial charge is 0.191 e. The molecule has 0 saturated carbocycles. The molecule has 8 heteroatoms. The topological polar surface area (TPSA) is 66.7 Å². The van der Waals surface area contributed by atoms with Gasteiger partial charge in [-0.2, -0.15) is 0 Å². The SMILES string of the molecule is CCNC(=NCc1ccc(Cn2cnc3ccccc32)cc1)NCC(C)N1CCOCC1.I. The van der Waals surface area contributed by atoms with Gasteiger partial charge in [-0.15, -0.1) is 24.0 Å². The Kier molecular flexibility index (Phi) is 9.95. The summed E-state index contributed by atoms with van der Waals surface area (Å²) >= 11 is 0. The largest absolute Gasteiger partial charge is 0.379 e. The van der Waals surface area contributed by atoms with Crippen LogP contribution >= 0.6 is 24.0 Å². The molecule has 0 radical (unpaired) electrons. The van der Waals surface area contributed by atoms with Gasteiger partial charge < -0.3 is 19.9 Å². The molecule has 0 amide bonds. The fourth-order valence-electron chi connectivity index (χ4n) is 3.99. The standard InChI is InChI=1S/C25H34N6O.HI/c1-3-26-25(27-16-20(2)30-12-14-32-15-13-30)28-17-21-8-10-22(11-9-21)18-31-19-29-23-6-4-5-7-24(23)31;/h4-11,19-20H,3,12-18H2,1-2H3,(H2,26,27,28);1H. The monoisotopic (exact) mass is 562 g/mol. The van der Waals surface area contributed by atoms with E-state index in [0.29, 0.717) is 12.6 Å². The van der Waals surface area contributed by atoms with Gasteiger partial charge in [0.1, 0.15) is 0 Å². The second-order valence-electron chi connectivity index (χ2n) is 8.25. The molecule has 4 rings (SSSR count). The van der Waals surface area contributed by atoms with Crippen molar-refractivity contribution in [3.63, 3.8) is 0 Å². The zero-order valence-corrected chi connectivity index (χ0v) is 21.9. The zero-order valence-electron chi connectivity index (χ0n) is 19.5. The lowest BCUT2D eigenvalue weighted by molar-refractivity contribution is 0.0211. The van der Waals surface area contributed by atoms with Crippen LogP contribution < -0.4 is 10.6 Å². The van der Waals surface area contributed by atoms with Gasteiger partial charge in [0.2, 0.25) is 0 Å². The number of nitrogens with zero attached hydrogens (tertiary/aromatic N) is 4. The maximum atomic E-state index is 5.46. The number of hydrogen-bond acceptors (Lipinski definition) is 4. The average molecular weight is 563 g/mol. The van der Waals surface area contributed by atoms with Crippen molar-refractivity contribution in [3.05, 3.63) is 66.0 Å². The van der Waals surface area contributed by atoms with Gasteiger partial charge in [0.05, 0.1) is 37.1 Å². The number of aromatic nitrogens is 2. The van der Waals surface area contributed by atoms with Crippen LogP contribution in [0.3, 0.4) is 0 Å². The first-order valence-corrected chi connectivity index (χ1v) is 11.5. The Morgan fingerprint density at radius 3 is 2.55 bits per heavy atom. The number of imidazole rings is 1. The molecular weight excluding hydrogens is 527 g/mol. The van der Waals surface area contributed by atoms with Crippen LogP contribution in [0.4, 0.5) is 0 Å². The molecule has 1 unspecified atom stereocenters. The van der Waals surface area contributed by atoms with Gasteiger partial charge in [0.15, 0.2) is 5.96 Å². The Morgan fingerprint density at radius 2 is 1.79 bits per heavy atom. The zero-order chi connectivity index (χ0) is 22.2. The Morgan fingerprint density at radius 1 is 1.06 bits per heavy atom. The van der Waals surface area contributed by atoms with Crippen molar-refractivity contribution in [3.8, 4) is 0 Å². The molecule has 2 N–H and O–H groups in total. The maximum Gasteiger partial charge on any atom is 0.191 e. The van der Waals surface area contributed by atoms with Crippen molar-refractivity contribution < 1.29 is 4.74 Å². The van der Waals surface area contributed by atoms with Crippen LogP contribution in [0, 0.1) is 0 Å². The molecule has 0 spiro atoms. The van der Waals surface area contributed by atoms with Crippen LogP contribution in [-0.4, -0.2) is 65.8 Å². The van der Waals surface area contributed by atoms with E-state index in [9.17, 15) is 0 Å². The van der Waals surface area contributed by atoms with Gasteiger partial charge in [0.25, 0.3) is 0 Å². The molecule has 0 bridgehead atoms. The van der Waals surface area contributed by atoms with Crippen LogP contribution in [0.15, 0.2) is 59.9 Å². The maximum absolute atomic E-state index is 5.46. The van der Waals surface area contributed by atoms with Crippen LogP contribution in [0.5, 0.6) is 0 Å². The van der Waals surface area contributed by atoms with Gasteiger partial charge in [-0.05, 0) is 37.1 Å². The lowest BCUT2D eigenvalue weighted by Crippen LogP contribution is -2.49. The van der Waals surface area contributed by atoms with E-state index in [1.54, 1.807) is 0 Å². The molecule has 1 saturated heterocycles. The lowest BCUT2D eigenvalue weighted by atomic mass is 10.1. The molecule has 1 aromatic heterocycles. The Bertz CT molecular complexity index is 1010. The summed E-state index contributed by atoms with van der Waals surface area (Å²) < 4.78 is 7.64. The van der Waals surface area contributed by atoms with Crippen molar-refractivity contribution in [2.75, 3.05) is 39.4 Å². The summed E-state index contributed by atoms with van der Waals surface area (Å²) in [7, 11) is 0. The molecule has 0 aliphatic carbocycles. The first-order valence-electron chi connectivity index (χ1n) is 11.5. The third-order valence-electron chi connectivity index (χ3n) is 5.90. The quantitative estimate of drug-likeness (QED) is 0.250. The first-order chi connectivity index (χ1) is 15.7. The first kappa shape index (κ1) is 25.5. The van der Waals surface area contributed by atoms with Gasteiger partial charge in [-0.25, -0.2) is 9.98 Å². The summed E-state index contributed by atoms with van der Waals surface area (Å²) in [4.78, 5) is 11.7. The van der Waals surface area contributed by atoms with E-state index in [0.717, 1.165) is 62.9 Å². The highest BCUT2D eigenvalue weighted by molar-refractivity contribution is 14.0. The third kappa shape index (κ3) is 7.15. The minimum absolute atomic E-state index is 0. The molecular formula is C25H35IN6O. The van der Waals surface area contributed by atoms with Gasteiger partial charge in [-0.3, -0.25) is 4.90 Å². The lowest BCUT2D eigenvalue weighted by Gasteiger charge is -2.32. The fraction of sp³-hybridized carbons (Fsp3) is 0.440. The summed E-state index contributed by atoms with van der Waals surface area (Å²) in [5, 5.41) is 6.85. The minimum Gasteiger partial charge on any atom is -0.379 e. The predicted molar refractivity (Wildman–Crippen MR) is 145 cm³/mol. The number of halogens is 1. The summed E-state index contributed by atoms with van der Waals surface area (Å²) in [5.41, 5.74) is 4.65. The fourth-order valence-corrected chi connectivity index (χ4v) is 3.99. The van der Waals surface area contributed by atoms with E-state index in [2.05, 4.69) is 75.3 Å². The van der Waals surface area contributed by atoms with E-state index in [1.807, 2.05) is 18.5 Å². The highest BCUT2D eigenvalue weighted by Gasteiger charge is 2.17. The van der Waals surface area contributed by atoms with Crippen LogP contribution in [-0.2, 0) is 17.8 Å². The number of rotatable bonds is 8. The Balaban J connectivity index is 0.00000306. The number of morpholine rings is 1. The predicted octanol–water partition coefficient (Wildman–Crippen LogP) is 3.48. The molecule has 7 nitrogen and oxygen atoms in total. The Labute approximate surface area is 213 Å². The number of ether oxygens (including phenoxy) is 1. The van der Waals surface area contributed by atoms with E-state index in [-0.39, 0.29) is 24.0 Å². The number of aliphatic imine (C=N–C) groups is 1. The summed E-state index contributed by atoms with van der Waals surface area (Å²) in [6.07, 6.45) is 1.91. The molecule has 178 valence electrons.